The van der Waals surface area contributed by atoms with Crippen molar-refractivity contribution in [2.75, 3.05) is 12.4 Å². The van der Waals surface area contributed by atoms with Gasteiger partial charge in [-0.25, -0.2) is 14.8 Å². The van der Waals surface area contributed by atoms with Gasteiger partial charge in [-0.1, -0.05) is 30.3 Å². The maximum Gasteiger partial charge on any atom is 0.339 e. The van der Waals surface area contributed by atoms with Crippen LogP contribution in [0.15, 0.2) is 73.2 Å². The summed E-state index contributed by atoms with van der Waals surface area (Å²) >= 11 is 0. The van der Waals surface area contributed by atoms with E-state index in [0.29, 0.717) is 29.2 Å². The minimum atomic E-state index is -0.510. The molecule has 4 rings (SSSR count). The molecule has 2 aromatic heterocycles. The summed E-state index contributed by atoms with van der Waals surface area (Å²) < 4.78 is 6.73. The van der Waals surface area contributed by atoms with Crippen LogP contribution in [0.25, 0.3) is 10.9 Å². The smallest absolute Gasteiger partial charge is 0.339 e. The van der Waals surface area contributed by atoms with Gasteiger partial charge in [-0.3, -0.25) is 4.79 Å². The van der Waals surface area contributed by atoms with Crippen LogP contribution in [-0.4, -0.2) is 33.5 Å². The van der Waals surface area contributed by atoms with Gasteiger partial charge >= 0.3 is 5.97 Å². The molecule has 7 heteroatoms. The highest BCUT2D eigenvalue weighted by Crippen LogP contribution is 2.24. The van der Waals surface area contributed by atoms with Crippen LogP contribution in [-0.2, 0) is 11.3 Å². The van der Waals surface area contributed by atoms with Gasteiger partial charge in [0.25, 0.3) is 5.91 Å². The van der Waals surface area contributed by atoms with Crippen molar-refractivity contribution in [2.24, 2.45) is 0 Å². The van der Waals surface area contributed by atoms with Crippen LogP contribution in [0.3, 0.4) is 0 Å². The van der Waals surface area contributed by atoms with Crippen molar-refractivity contribution in [2.45, 2.75) is 6.54 Å². The third-order valence-electron chi connectivity index (χ3n) is 4.54. The normalized spacial score (nSPS) is 10.7. The topological polar surface area (TPSA) is 86.1 Å². The second kappa shape index (κ2) is 7.93. The number of hydrogen-bond donors (Lipinski definition) is 1. The molecule has 0 radical (unpaired) electrons. The molecule has 0 aliphatic heterocycles. The average molecular weight is 386 g/mol. The van der Waals surface area contributed by atoms with Crippen LogP contribution in [0.5, 0.6) is 0 Å². The molecule has 0 atom stereocenters. The summed E-state index contributed by atoms with van der Waals surface area (Å²) in [5.74, 6) is -0.175. The van der Waals surface area contributed by atoms with Crippen molar-refractivity contribution >= 4 is 28.5 Å². The zero-order valence-corrected chi connectivity index (χ0v) is 15.7. The summed E-state index contributed by atoms with van der Waals surface area (Å²) in [5, 5.41) is 3.63. The predicted octanol–water partition coefficient (Wildman–Crippen LogP) is 3.52. The van der Waals surface area contributed by atoms with E-state index in [2.05, 4.69) is 15.3 Å². The van der Waals surface area contributed by atoms with Crippen LogP contribution >= 0.6 is 0 Å². The Balaban J connectivity index is 1.70. The first-order chi connectivity index (χ1) is 14.2. The fourth-order valence-electron chi connectivity index (χ4n) is 3.19. The summed E-state index contributed by atoms with van der Waals surface area (Å²) in [6.45, 7) is 0.438. The highest BCUT2D eigenvalue weighted by Gasteiger charge is 2.18. The Hall–Kier alpha value is -4.00. The molecule has 1 N–H and O–H groups in total. The number of ether oxygens (including phenoxy) is 1. The van der Waals surface area contributed by atoms with Crippen molar-refractivity contribution in [3.63, 3.8) is 0 Å². The zero-order chi connectivity index (χ0) is 20.2. The molecule has 0 spiro atoms. The second-order valence-corrected chi connectivity index (χ2v) is 6.34. The number of aromatic nitrogens is 3. The van der Waals surface area contributed by atoms with Gasteiger partial charge in [0.1, 0.15) is 5.82 Å². The molecule has 1 amide bonds. The minimum absolute atomic E-state index is 0.296. The summed E-state index contributed by atoms with van der Waals surface area (Å²) in [5.41, 5.74) is 2.08. The van der Waals surface area contributed by atoms with Crippen LogP contribution in [0.4, 0.5) is 5.69 Å². The van der Waals surface area contributed by atoms with E-state index in [4.69, 9.17) is 4.74 Å². The van der Waals surface area contributed by atoms with E-state index in [0.717, 1.165) is 10.9 Å². The van der Waals surface area contributed by atoms with Gasteiger partial charge in [0.2, 0.25) is 0 Å². The van der Waals surface area contributed by atoms with Crippen molar-refractivity contribution in [3.8, 4) is 0 Å². The number of esters is 1. The number of fused-ring (bicyclic) bond motifs is 1. The molecule has 0 bridgehead atoms. The van der Waals surface area contributed by atoms with Crippen LogP contribution in [0.2, 0.25) is 0 Å². The quantitative estimate of drug-likeness (QED) is 0.531. The number of para-hydroxylation sites is 2. The maximum atomic E-state index is 13.0. The molecule has 7 nitrogen and oxygen atoms in total. The number of carbonyl (C=O) groups is 2. The number of nitrogens with one attached hydrogen (secondary N) is 1. The number of amides is 1. The Labute approximate surface area is 167 Å². The van der Waals surface area contributed by atoms with Gasteiger partial charge < -0.3 is 14.6 Å². The first kappa shape index (κ1) is 18.4. The molecule has 0 fully saturated rings. The second-order valence-electron chi connectivity index (χ2n) is 6.34. The molecule has 0 unspecified atom stereocenters. The number of methoxy groups -OCH3 is 1. The van der Waals surface area contributed by atoms with E-state index >= 15 is 0 Å². The number of rotatable bonds is 5. The molecule has 2 heterocycles. The molecule has 0 saturated carbocycles. The Morgan fingerprint density at radius 2 is 1.69 bits per heavy atom. The summed E-state index contributed by atoms with van der Waals surface area (Å²) in [6, 6.07) is 16.1. The first-order valence-corrected chi connectivity index (χ1v) is 9.00. The average Bonchev–Trinajstić information content (AvgIpc) is 3.13. The fraction of sp³-hybridized carbons (Fsp3) is 0.0909. The fourth-order valence-corrected chi connectivity index (χ4v) is 3.19. The van der Waals surface area contributed by atoms with Crippen LogP contribution < -0.4 is 5.32 Å². The molecule has 29 heavy (non-hydrogen) atoms. The van der Waals surface area contributed by atoms with E-state index < -0.39 is 5.97 Å². The molecule has 4 aromatic rings. The van der Waals surface area contributed by atoms with Gasteiger partial charge in [0.05, 0.1) is 30.5 Å². The minimum Gasteiger partial charge on any atom is -0.465 e. The van der Waals surface area contributed by atoms with Crippen LogP contribution in [0, 0.1) is 0 Å². The number of nitrogens with zero attached hydrogens (tertiary/aromatic N) is 3. The van der Waals surface area contributed by atoms with Gasteiger partial charge in [-0.2, -0.15) is 0 Å². The molecule has 0 aliphatic rings. The number of benzene rings is 2. The zero-order valence-electron chi connectivity index (χ0n) is 15.7. The molecule has 0 saturated heterocycles. The van der Waals surface area contributed by atoms with Gasteiger partial charge in [-0.05, 0) is 24.3 Å². The van der Waals surface area contributed by atoms with Crippen molar-refractivity contribution in [1.82, 2.24) is 14.5 Å². The Morgan fingerprint density at radius 3 is 2.48 bits per heavy atom. The van der Waals surface area contributed by atoms with Crippen molar-refractivity contribution in [3.05, 3.63) is 90.1 Å². The van der Waals surface area contributed by atoms with Gasteiger partial charge in [0, 0.05) is 29.5 Å². The number of anilines is 1. The number of carbonyl (C=O) groups excluding carboxylic acids is 2. The lowest BCUT2D eigenvalue weighted by atomic mass is 10.1. The highest BCUT2D eigenvalue weighted by molar-refractivity contribution is 6.14. The standard InChI is InChI=1S/C22H18N4O3/c1-29-22(28)16-8-2-4-9-18(16)25-21(27)17-13-26(14-20-23-11-6-12-24-20)19-10-5-3-7-15(17)19/h2-13H,14H2,1H3,(H,25,27). The summed E-state index contributed by atoms with van der Waals surface area (Å²) in [7, 11) is 1.31. The Bertz CT molecular complexity index is 1190. The van der Waals surface area contributed by atoms with E-state index in [-0.39, 0.29) is 5.91 Å². The van der Waals surface area contributed by atoms with E-state index in [9.17, 15) is 9.59 Å². The monoisotopic (exact) mass is 386 g/mol. The summed E-state index contributed by atoms with van der Waals surface area (Å²) in [4.78, 5) is 33.5. The number of hydrogen-bond acceptors (Lipinski definition) is 5. The first-order valence-electron chi connectivity index (χ1n) is 9.00. The third kappa shape index (κ3) is 3.70. The predicted molar refractivity (Wildman–Crippen MR) is 109 cm³/mol. The SMILES string of the molecule is COC(=O)c1ccccc1NC(=O)c1cn(Cc2ncccn2)c2ccccc12. The molecular formula is C22H18N4O3. The van der Waals surface area contributed by atoms with Crippen molar-refractivity contribution < 1.29 is 14.3 Å². The summed E-state index contributed by atoms with van der Waals surface area (Å²) in [6.07, 6.45) is 5.15. The Morgan fingerprint density at radius 1 is 0.966 bits per heavy atom. The van der Waals surface area contributed by atoms with E-state index in [1.807, 2.05) is 28.8 Å². The molecule has 2 aromatic carbocycles. The molecular weight excluding hydrogens is 368 g/mol. The lowest BCUT2D eigenvalue weighted by molar-refractivity contribution is 0.0602. The Kier molecular flexibility index (Phi) is 5.03. The van der Waals surface area contributed by atoms with Crippen LogP contribution in [0.1, 0.15) is 26.5 Å². The van der Waals surface area contributed by atoms with Crippen molar-refractivity contribution in [1.29, 1.82) is 0 Å². The largest absolute Gasteiger partial charge is 0.465 e. The maximum absolute atomic E-state index is 13.0. The lowest BCUT2D eigenvalue weighted by Crippen LogP contribution is -2.15. The molecule has 0 aliphatic carbocycles. The van der Waals surface area contributed by atoms with E-state index in [1.54, 1.807) is 48.9 Å². The third-order valence-corrected chi connectivity index (χ3v) is 4.54. The van der Waals surface area contributed by atoms with E-state index in [1.165, 1.54) is 7.11 Å². The molecule has 144 valence electrons. The highest BCUT2D eigenvalue weighted by atomic mass is 16.5. The lowest BCUT2D eigenvalue weighted by Gasteiger charge is -2.09. The van der Waals surface area contributed by atoms with Gasteiger partial charge in [-0.15, -0.1) is 0 Å². The van der Waals surface area contributed by atoms with Gasteiger partial charge in [0.15, 0.2) is 0 Å².